The van der Waals surface area contributed by atoms with Crippen molar-refractivity contribution in [1.82, 2.24) is 5.32 Å². The SMILES string of the molecule is CNC1CCC(C)CC1Cc1ccc([N+](=O)[O-])cc1. The van der Waals surface area contributed by atoms with Gasteiger partial charge in [0.25, 0.3) is 5.69 Å². The Bertz CT molecular complexity index is 430. The van der Waals surface area contributed by atoms with E-state index in [4.69, 9.17) is 0 Å². The summed E-state index contributed by atoms with van der Waals surface area (Å²) in [7, 11) is 2.03. The topological polar surface area (TPSA) is 55.2 Å². The van der Waals surface area contributed by atoms with E-state index in [1.54, 1.807) is 12.1 Å². The van der Waals surface area contributed by atoms with Crippen LogP contribution in [0.25, 0.3) is 0 Å². The Morgan fingerprint density at radius 2 is 2.00 bits per heavy atom. The van der Waals surface area contributed by atoms with Crippen molar-refractivity contribution in [2.24, 2.45) is 11.8 Å². The summed E-state index contributed by atoms with van der Waals surface area (Å²) in [4.78, 5) is 10.3. The molecule has 1 N–H and O–H groups in total. The maximum absolute atomic E-state index is 10.6. The van der Waals surface area contributed by atoms with Gasteiger partial charge in [-0.15, -0.1) is 0 Å². The molecule has 0 heterocycles. The van der Waals surface area contributed by atoms with E-state index >= 15 is 0 Å². The lowest BCUT2D eigenvalue weighted by Crippen LogP contribution is -2.39. The molecule has 4 heteroatoms. The molecule has 1 aromatic carbocycles. The monoisotopic (exact) mass is 262 g/mol. The molecule has 3 atom stereocenters. The smallest absolute Gasteiger partial charge is 0.269 e. The molecule has 0 bridgehead atoms. The highest BCUT2D eigenvalue weighted by molar-refractivity contribution is 5.33. The standard InChI is InChI=1S/C15H22N2O2/c1-11-3-8-15(16-2)13(9-11)10-12-4-6-14(7-5-12)17(18)19/h4-7,11,13,15-16H,3,8-10H2,1-2H3. The van der Waals surface area contributed by atoms with E-state index in [0.29, 0.717) is 12.0 Å². The van der Waals surface area contributed by atoms with E-state index in [-0.39, 0.29) is 10.6 Å². The maximum atomic E-state index is 10.6. The quantitative estimate of drug-likeness (QED) is 0.670. The molecule has 0 aliphatic heterocycles. The normalized spacial score (nSPS) is 27.2. The van der Waals surface area contributed by atoms with E-state index in [1.807, 2.05) is 19.2 Å². The molecular formula is C15H22N2O2. The number of nitrogens with one attached hydrogen (secondary N) is 1. The van der Waals surface area contributed by atoms with Crippen molar-refractivity contribution in [2.75, 3.05) is 7.05 Å². The van der Waals surface area contributed by atoms with Crippen LogP contribution in [0.15, 0.2) is 24.3 Å². The van der Waals surface area contributed by atoms with Crippen LogP contribution in [-0.4, -0.2) is 18.0 Å². The van der Waals surface area contributed by atoms with E-state index in [0.717, 1.165) is 12.3 Å². The predicted octanol–water partition coefficient (Wildman–Crippen LogP) is 3.16. The second-order valence-electron chi connectivity index (χ2n) is 5.70. The van der Waals surface area contributed by atoms with Gasteiger partial charge in [-0.2, -0.15) is 0 Å². The van der Waals surface area contributed by atoms with Crippen molar-refractivity contribution < 1.29 is 4.92 Å². The van der Waals surface area contributed by atoms with Gasteiger partial charge in [-0.25, -0.2) is 0 Å². The molecule has 1 fully saturated rings. The Kier molecular flexibility index (Phi) is 4.53. The molecule has 0 amide bonds. The first-order chi connectivity index (χ1) is 9.10. The van der Waals surface area contributed by atoms with Crippen LogP contribution in [0.5, 0.6) is 0 Å². The minimum absolute atomic E-state index is 0.172. The van der Waals surface area contributed by atoms with Crippen LogP contribution in [-0.2, 0) is 6.42 Å². The molecule has 0 saturated heterocycles. The number of nitrogens with zero attached hydrogens (tertiary/aromatic N) is 1. The molecule has 2 rings (SSSR count). The summed E-state index contributed by atoms with van der Waals surface area (Å²) >= 11 is 0. The fraction of sp³-hybridized carbons (Fsp3) is 0.600. The Morgan fingerprint density at radius 1 is 1.32 bits per heavy atom. The zero-order valence-corrected chi connectivity index (χ0v) is 11.6. The van der Waals surface area contributed by atoms with Crippen molar-refractivity contribution in [3.05, 3.63) is 39.9 Å². The first-order valence-electron chi connectivity index (χ1n) is 7.00. The number of hydrogen-bond acceptors (Lipinski definition) is 3. The van der Waals surface area contributed by atoms with Gasteiger partial charge in [0.05, 0.1) is 4.92 Å². The molecule has 0 radical (unpaired) electrons. The highest BCUT2D eigenvalue weighted by atomic mass is 16.6. The Labute approximate surface area is 114 Å². The number of nitro groups is 1. The van der Waals surface area contributed by atoms with Gasteiger partial charge in [0.15, 0.2) is 0 Å². The van der Waals surface area contributed by atoms with Crippen LogP contribution in [0.4, 0.5) is 5.69 Å². The molecule has 3 unspecified atom stereocenters. The second kappa shape index (κ2) is 6.15. The van der Waals surface area contributed by atoms with Crippen molar-refractivity contribution in [3.63, 3.8) is 0 Å². The van der Waals surface area contributed by atoms with Crippen LogP contribution in [0.2, 0.25) is 0 Å². The van der Waals surface area contributed by atoms with E-state index < -0.39 is 0 Å². The molecule has 19 heavy (non-hydrogen) atoms. The van der Waals surface area contributed by atoms with Crippen LogP contribution < -0.4 is 5.32 Å². The number of benzene rings is 1. The first kappa shape index (κ1) is 14.0. The largest absolute Gasteiger partial charge is 0.317 e. The van der Waals surface area contributed by atoms with Gasteiger partial charge in [-0.05, 0) is 50.1 Å². The van der Waals surface area contributed by atoms with Crippen molar-refractivity contribution in [2.45, 2.75) is 38.6 Å². The summed E-state index contributed by atoms with van der Waals surface area (Å²) < 4.78 is 0. The summed E-state index contributed by atoms with van der Waals surface area (Å²) in [5, 5.41) is 14.1. The zero-order valence-electron chi connectivity index (χ0n) is 11.6. The summed E-state index contributed by atoms with van der Waals surface area (Å²) in [5.74, 6) is 1.42. The highest BCUT2D eigenvalue weighted by Crippen LogP contribution is 2.31. The van der Waals surface area contributed by atoms with E-state index in [9.17, 15) is 10.1 Å². The first-order valence-corrected chi connectivity index (χ1v) is 7.00. The summed E-state index contributed by atoms with van der Waals surface area (Å²) in [6, 6.07) is 7.58. The summed E-state index contributed by atoms with van der Waals surface area (Å²) in [5.41, 5.74) is 1.37. The summed E-state index contributed by atoms with van der Waals surface area (Å²) in [6.45, 7) is 2.31. The maximum Gasteiger partial charge on any atom is 0.269 e. The number of hydrogen-bond donors (Lipinski definition) is 1. The Hall–Kier alpha value is -1.42. The lowest BCUT2D eigenvalue weighted by Gasteiger charge is -2.35. The number of non-ortho nitro benzene ring substituents is 1. The Balaban J connectivity index is 2.04. The third-order valence-electron chi connectivity index (χ3n) is 4.26. The van der Waals surface area contributed by atoms with Gasteiger partial charge in [0.1, 0.15) is 0 Å². The molecule has 4 nitrogen and oxygen atoms in total. The van der Waals surface area contributed by atoms with Crippen molar-refractivity contribution >= 4 is 5.69 Å². The summed E-state index contributed by atoms with van der Waals surface area (Å²) in [6.07, 6.45) is 4.77. The molecule has 1 saturated carbocycles. The van der Waals surface area contributed by atoms with Crippen LogP contribution in [0.3, 0.4) is 0 Å². The Morgan fingerprint density at radius 3 is 2.58 bits per heavy atom. The van der Waals surface area contributed by atoms with Crippen LogP contribution in [0.1, 0.15) is 31.7 Å². The number of nitro benzene ring substituents is 1. The van der Waals surface area contributed by atoms with Crippen LogP contribution >= 0.6 is 0 Å². The molecule has 1 aromatic rings. The molecule has 0 aromatic heterocycles. The lowest BCUT2D eigenvalue weighted by molar-refractivity contribution is -0.384. The minimum atomic E-state index is -0.344. The van der Waals surface area contributed by atoms with Crippen molar-refractivity contribution in [3.8, 4) is 0 Å². The van der Waals surface area contributed by atoms with Gasteiger partial charge in [-0.1, -0.05) is 19.1 Å². The fourth-order valence-corrected chi connectivity index (χ4v) is 3.16. The average molecular weight is 262 g/mol. The minimum Gasteiger partial charge on any atom is -0.317 e. The average Bonchev–Trinajstić information content (AvgIpc) is 2.39. The number of rotatable bonds is 4. The van der Waals surface area contributed by atoms with Gasteiger partial charge in [-0.3, -0.25) is 10.1 Å². The van der Waals surface area contributed by atoms with Gasteiger partial charge < -0.3 is 5.32 Å². The zero-order chi connectivity index (χ0) is 13.8. The fourth-order valence-electron chi connectivity index (χ4n) is 3.16. The van der Waals surface area contributed by atoms with Gasteiger partial charge >= 0.3 is 0 Å². The van der Waals surface area contributed by atoms with E-state index in [2.05, 4.69) is 12.2 Å². The third-order valence-corrected chi connectivity index (χ3v) is 4.26. The molecule has 0 spiro atoms. The van der Waals surface area contributed by atoms with Crippen molar-refractivity contribution in [1.29, 1.82) is 0 Å². The van der Waals surface area contributed by atoms with Gasteiger partial charge in [0.2, 0.25) is 0 Å². The highest BCUT2D eigenvalue weighted by Gasteiger charge is 2.27. The molecule has 1 aliphatic carbocycles. The third kappa shape index (κ3) is 3.53. The predicted molar refractivity (Wildman–Crippen MR) is 76.2 cm³/mol. The second-order valence-corrected chi connectivity index (χ2v) is 5.70. The molecular weight excluding hydrogens is 240 g/mol. The van der Waals surface area contributed by atoms with Crippen LogP contribution in [0, 0.1) is 22.0 Å². The van der Waals surface area contributed by atoms with E-state index in [1.165, 1.54) is 24.8 Å². The molecule has 104 valence electrons. The molecule has 1 aliphatic rings. The lowest BCUT2D eigenvalue weighted by atomic mass is 9.76. The van der Waals surface area contributed by atoms with Gasteiger partial charge in [0, 0.05) is 18.2 Å².